The SMILES string of the molecule is Cc1cccc(-n2c(SCC(=O)N3CCCC3)nc3n[nH]c(C)c3c2=N)c1. The van der Waals surface area contributed by atoms with Crippen molar-refractivity contribution in [3.05, 3.63) is 41.0 Å². The second-order valence-corrected chi connectivity index (χ2v) is 7.78. The van der Waals surface area contributed by atoms with Crippen molar-refractivity contribution in [1.29, 1.82) is 5.41 Å². The van der Waals surface area contributed by atoms with E-state index in [0.717, 1.165) is 42.9 Å². The van der Waals surface area contributed by atoms with Crippen molar-refractivity contribution >= 4 is 28.7 Å². The first-order valence-electron chi connectivity index (χ1n) is 9.04. The van der Waals surface area contributed by atoms with Crippen molar-refractivity contribution in [1.82, 2.24) is 24.6 Å². The number of hydrogen-bond donors (Lipinski definition) is 2. The molecule has 0 spiro atoms. The number of H-pyrrole nitrogens is 1. The van der Waals surface area contributed by atoms with Gasteiger partial charge in [0.15, 0.2) is 10.8 Å². The zero-order chi connectivity index (χ0) is 19.0. The average Bonchev–Trinajstić information content (AvgIpc) is 3.30. The van der Waals surface area contributed by atoms with E-state index in [0.29, 0.717) is 27.4 Å². The molecule has 8 heteroatoms. The predicted octanol–water partition coefficient (Wildman–Crippen LogP) is 2.56. The highest BCUT2D eigenvalue weighted by Gasteiger charge is 2.20. The zero-order valence-electron chi connectivity index (χ0n) is 15.5. The second-order valence-electron chi connectivity index (χ2n) is 6.84. The molecule has 0 aliphatic carbocycles. The maximum Gasteiger partial charge on any atom is 0.233 e. The van der Waals surface area contributed by atoms with Gasteiger partial charge in [-0.3, -0.25) is 19.9 Å². The van der Waals surface area contributed by atoms with E-state index in [1.807, 2.05) is 43.0 Å². The molecule has 1 saturated heterocycles. The standard InChI is InChI=1S/C19H22N6OS/c1-12-6-5-7-14(10-12)25-17(20)16-13(2)22-23-18(16)21-19(25)27-11-15(26)24-8-3-4-9-24/h5-7,10,20H,3-4,8-9,11H2,1-2H3,(H,22,23). The largest absolute Gasteiger partial charge is 0.342 e. The number of likely N-dealkylation sites (tertiary alicyclic amines) is 1. The fraction of sp³-hybridized carbons (Fsp3) is 0.368. The highest BCUT2D eigenvalue weighted by molar-refractivity contribution is 7.99. The first-order chi connectivity index (χ1) is 13.0. The van der Waals surface area contributed by atoms with Gasteiger partial charge in [-0.05, 0) is 44.4 Å². The van der Waals surface area contributed by atoms with Gasteiger partial charge in [0.05, 0.1) is 11.1 Å². The number of fused-ring (bicyclic) bond motifs is 1. The van der Waals surface area contributed by atoms with Crippen LogP contribution in [0.5, 0.6) is 0 Å². The van der Waals surface area contributed by atoms with Crippen LogP contribution in [-0.4, -0.2) is 49.4 Å². The van der Waals surface area contributed by atoms with Crippen molar-refractivity contribution in [2.75, 3.05) is 18.8 Å². The lowest BCUT2D eigenvalue weighted by atomic mass is 10.2. The lowest BCUT2D eigenvalue weighted by Gasteiger charge is -2.17. The summed E-state index contributed by atoms with van der Waals surface area (Å²) in [6.07, 6.45) is 2.15. The zero-order valence-corrected chi connectivity index (χ0v) is 16.3. The number of aromatic amines is 1. The minimum Gasteiger partial charge on any atom is -0.342 e. The van der Waals surface area contributed by atoms with Crippen molar-refractivity contribution in [2.45, 2.75) is 31.8 Å². The van der Waals surface area contributed by atoms with Crippen molar-refractivity contribution in [3.8, 4) is 5.69 Å². The van der Waals surface area contributed by atoms with Crippen molar-refractivity contribution in [2.24, 2.45) is 0 Å². The normalized spacial score (nSPS) is 14.2. The third-order valence-electron chi connectivity index (χ3n) is 4.82. The van der Waals surface area contributed by atoms with Gasteiger partial charge in [0, 0.05) is 24.5 Å². The molecule has 1 fully saturated rings. The molecule has 0 unspecified atom stereocenters. The smallest absolute Gasteiger partial charge is 0.233 e. The molecule has 0 atom stereocenters. The highest BCUT2D eigenvalue weighted by atomic mass is 32.2. The summed E-state index contributed by atoms with van der Waals surface area (Å²) in [4.78, 5) is 19.0. The van der Waals surface area contributed by atoms with Gasteiger partial charge in [-0.1, -0.05) is 23.9 Å². The van der Waals surface area contributed by atoms with E-state index in [2.05, 4.69) is 15.2 Å². The minimum absolute atomic E-state index is 0.125. The Morgan fingerprint density at radius 3 is 2.81 bits per heavy atom. The maximum absolute atomic E-state index is 12.5. The number of amides is 1. The number of benzene rings is 1. The van der Waals surface area contributed by atoms with Crippen LogP contribution in [0.15, 0.2) is 29.4 Å². The number of hydrogen-bond acceptors (Lipinski definition) is 5. The lowest BCUT2D eigenvalue weighted by molar-refractivity contribution is -0.127. The fourth-order valence-corrected chi connectivity index (χ4v) is 4.33. The van der Waals surface area contributed by atoms with E-state index in [1.165, 1.54) is 11.8 Å². The Morgan fingerprint density at radius 1 is 1.30 bits per heavy atom. The van der Waals surface area contributed by atoms with Crippen LogP contribution in [0.1, 0.15) is 24.1 Å². The Balaban J connectivity index is 1.77. The fourth-order valence-electron chi connectivity index (χ4n) is 3.42. The molecule has 7 nitrogen and oxygen atoms in total. The van der Waals surface area contributed by atoms with E-state index in [4.69, 9.17) is 5.41 Å². The molecule has 1 aromatic carbocycles. The molecule has 2 N–H and O–H groups in total. The Kier molecular flexibility index (Phi) is 4.73. The summed E-state index contributed by atoms with van der Waals surface area (Å²) in [5.74, 6) is 0.438. The van der Waals surface area contributed by atoms with E-state index in [-0.39, 0.29) is 5.91 Å². The van der Waals surface area contributed by atoms with Gasteiger partial charge < -0.3 is 4.90 Å². The number of aromatic nitrogens is 4. The highest BCUT2D eigenvalue weighted by Crippen LogP contribution is 2.23. The summed E-state index contributed by atoms with van der Waals surface area (Å²) in [5.41, 5.74) is 3.62. The van der Waals surface area contributed by atoms with Gasteiger partial charge in [-0.2, -0.15) is 5.10 Å². The second kappa shape index (κ2) is 7.19. The summed E-state index contributed by atoms with van der Waals surface area (Å²) >= 11 is 1.37. The number of thioether (sulfide) groups is 1. The third kappa shape index (κ3) is 3.37. The number of carbonyl (C=O) groups excluding carboxylic acids is 1. The van der Waals surface area contributed by atoms with Gasteiger partial charge >= 0.3 is 0 Å². The molecule has 0 bridgehead atoms. The van der Waals surface area contributed by atoms with E-state index >= 15 is 0 Å². The van der Waals surface area contributed by atoms with Crippen LogP contribution >= 0.6 is 11.8 Å². The molecule has 4 rings (SSSR count). The van der Waals surface area contributed by atoms with Crippen LogP contribution in [0, 0.1) is 19.3 Å². The summed E-state index contributed by atoms with van der Waals surface area (Å²) in [6, 6.07) is 7.97. The predicted molar refractivity (Wildman–Crippen MR) is 105 cm³/mol. The summed E-state index contributed by atoms with van der Waals surface area (Å²) in [7, 11) is 0. The van der Waals surface area contributed by atoms with Gasteiger partial charge in [0.25, 0.3) is 0 Å². The van der Waals surface area contributed by atoms with Crippen LogP contribution in [0.3, 0.4) is 0 Å². The number of rotatable bonds is 4. The molecule has 0 saturated carbocycles. The molecule has 140 valence electrons. The van der Waals surface area contributed by atoms with E-state index in [9.17, 15) is 4.79 Å². The molecule has 27 heavy (non-hydrogen) atoms. The third-order valence-corrected chi connectivity index (χ3v) is 5.75. The molecule has 1 amide bonds. The number of aryl methyl sites for hydroxylation is 2. The van der Waals surface area contributed by atoms with Crippen LogP contribution < -0.4 is 5.49 Å². The molecular weight excluding hydrogens is 360 g/mol. The minimum atomic E-state index is 0.125. The van der Waals surface area contributed by atoms with E-state index in [1.54, 1.807) is 4.57 Å². The van der Waals surface area contributed by atoms with Crippen LogP contribution in [0.4, 0.5) is 0 Å². The van der Waals surface area contributed by atoms with Crippen LogP contribution in [0.2, 0.25) is 0 Å². The maximum atomic E-state index is 12.5. The van der Waals surface area contributed by atoms with Gasteiger partial charge in [0.2, 0.25) is 5.91 Å². The quantitative estimate of drug-likeness (QED) is 0.536. The monoisotopic (exact) mass is 382 g/mol. The molecular formula is C19H22N6OS. The summed E-state index contributed by atoms with van der Waals surface area (Å²) < 4.78 is 1.81. The Bertz CT molecular complexity index is 1060. The van der Waals surface area contributed by atoms with Gasteiger partial charge in [-0.15, -0.1) is 0 Å². The number of nitrogens with one attached hydrogen (secondary N) is 2. The van der Waals surface area contributed by atoms with E-state index < -0.39 is 0 Å². The number of carbonyl (C=O) groups is 1. The molecule has 1 aliphatic rings. The van der Waals surface area contributed by atoms with Crippen molar-refractivity contribution < 1.29 is 4.79 Å². The molecule has 1 aliphatic heterocycles. The Morgan fingerprint density at radius 2 is 2.07 bits per heavy atom. The molecule has 3 heterocycles. The molecule has 2 aromatic heterocycles. The Labute approximate surface area is 161 Å². The van der Waals surface area contributed by atoms with Crippen LogP contribution in [0.25, 0.3) is 16.7 Å². The molecule has 3 aromatic rings. The average molecular weight is 382 g/mol. The summed E-state index contributed by atoms with van der Waals surface area (Å²) in [5, 5.41) is 17.2. The van der Waals surface area contributed by atoms with Gasteiger partial charge in [-0.25, -0.2) is 4.98 Å². The number of nitrogens with zero attached hydrogens (tertiary/aromatic N) is 4. The van der Waals surface area contributed by atoms with Crippen LogP contribution in [-0.2, 0) is 4.79 Å². The molecule has 0 radical (unpaired) electrons. The first kappa shape index (κ1) is 17.8. The topological polar surface area (TPSA) is 90.7 Å². The van der Waals surface area contributed by atoms with Crippen molar-refractivity contribution in [3.63, 3.8) is 0 Å². The Hall–Kier alpha value is -2.61. The summed E-state index contributed by atoms with van der Waals surface area (Å²) in [6.45, 7) is 5.59. The lowest BCUT2D eigenvalue weighted by Crippen LogP contribution is -2.29. The van der Waals surface area contributed by atoms with Gasteiger partial charge in [0.1, 0.15) is 5.49 Å². The first-order valence-corrected chi connectivity index (χ1v) is 10.0.